The monoisotopic (exact) mass is 240 g/mol. The van der Waals surface area contributed by atoms with Crippen LogP contribution in [0.4, 0.5) is 5.69 Å². The Balaban J connectivity index is 2.05. The summed E-state index contributed by atoms with van der Waals surface area (Å²) < 4.78 is 3.79. The molecule has 0 aromatic carbocycles. The third kappa shape index (κ3) is 2.64. The standard InChI is InChI=1S/C9H9ClN4S/c1-6-8(2-3-9(10)12-6)11-4-7-5-15-14-13-7/h2-3,5,11H,4H2,1H3. The summed E-state index contributed by atoms with van der Waals surface area (Å²) >= 11 is 7.10. The summed E-state index contributed by atoms with van der Waals surface area (Å²) in [6.07, 6.45) is 0. The number of hydrogen-bond acceptors (Lipinski definition) is 5. The molecule has 15 heavy (non-hydrogen) atoms. The van der Waals surface area contributed by atoms with Crippen LogP contribution in [0.5, 0.6) is 0 Å². The van der Waals surface area contributed by atoms with Crippen molar-refractivity contribution in [3.8, 4) is 0 Å². The molecule has 0 saturated carbocycles. The highest BCUT2D eigenvalue weighted by molar-refractivity contribution is 7.03. The van der Waals surface area contributed by atoms with Crippen LogP contribution in [0.1, 0.15) is 11.4 Å². The second-order valence-electron chi connectivity index (χ2n) is 3.02. The lowest BCUT2D eigenvalue weighted by atomic mass is 10.3. The Hall–Kier alpha value is -1.20. The van der Waals surface area contributed by atoms with E-state index >= 15 is 0 Å². The van der Waals surface area contributed by atoms with Crippen LogP contribution in [0, 0.1) is 6.92 Å². The summed E-state index contributed by atoms with van der Waals surface area (Å²) in [6.45, 7) is 2.56. The largest absolute Gasteiger partial charge is 0.378 e. The fourth-order valence-corrected chi connectivity index (χ4v) is 1.81. The molecule has 2 aromatic heterocycles. The molecule has 1 N–H and O–H groups in total. The lowest BCUT2D eigenvalue weighted by Crippen LogP contribution is -2.02. The van der Waals surface area contributed by atoms with Gasteiger partial charge in [0.2, 0.25) is 0 Å². The number of hydrogen-bond donors (Lipinski definition) is 1. The molecule has 2 heterocycles. The van der Waals surface area contributed by atoms with Crippen molar-refractivity contribution >= 4 is 28.8 Å². The molecule has 0 spiro atoms. The highest BCUT2D eigenvalue weighted by Crippen LogP contribution is 2.16. The maximum Gasteiger partial charge on any atom is 0.129 e. The van der Waals surface area contributed by atoms with E-state index in [2.05, 4.69) is 19.9 Å². The summed E-state index contributed by atoms with van der Waals surface area (Å²) in [5.41, 5.74) is 2.77. The summed E-state index contributed by atoms with van der Waals surface area (Å²) in [5.74, 6) is 0. The van der Waals surface area contributed by atoms with E-state index in [1.54, 1.807) is 6.07 Å². The second-order valence-corrected chi connectivity index (χ2v) is 4.01. The van der Waals surface area contributed by atoms with Gasteiger partial charge in [-0.1, -0.05) is 16.1 Å². The van der Waals surface area contributed by atoms with Gasteiger partial charge in [-0.25, -0.2) is 4.98 Å². The van der Waals surface area contributed by atoms with Gasteiger partial charge < -0.3 is 5.32 Å². The third-order valence-corrected chi connectivity index (χ3v) is 2.68. The van der Waals surface area contributed by atoms with E-state index in [-0.39, 0.29) is 0 Å². The molecule has 0 amide bonds. The van der Waals surface area contributed by atoms with Gasteiger partial charge >= 0.3 is 0 Å². The molecule has 0 saturated heterocycles. The minimum absolute atomic E-state index is 0.508. The molecular formula is C9H9ClN4S. The SMILES string of the molecule is Cc1nc(Cl)ccc1NCc1csnn1. The van der Waals surface area contributed by atoms with Crippen LogP contribution in [-0.4, -0.2) is 14.6 Å². The summed E-state index contributed by atoms with van der Waals surface area (Å²) in [4.78, 5) is 4.14. The fraction of sp³-hybridized carbons (Fsp3) is 0.222. The van der Waals surface area contributed by atoms with E-state index in [9.17, 15) is 0 Å². The number of rotatable bonds is 3. The molecule has 78 valence electrons. The van der Waals surface area contributed by atoms with Crippen molar-refractivity contribution in [1.29, 1.82) is 0 Å². The van der Waals surface area contributed by atoms with Gasteiger partial charge in [0, 0.05) is 5.38 Å². The van der Waals surface area contributed by atoms with E-state index in [1.165, 1.54) is 11.5 Å². The molecule has 6 heteroatoms. The average Bonchev–Trinajstić information content (AvgIpc) is 2.69. The molecule has 4 nitrogen and oxygen atoms in total. The third-order valence-electron chi connectivity index (χ3n) is 1.92. The zero-order chi connectivity index (χ0) is 10.7. The molecule has 0 radical (unpaired) electrons. The number of aryl methyl sites for hydroxylation is 1. The molecule has 0 atom stereocenters. The predicted molar refractivity (Wildman–Crippen MR) is 61.2 cm³/mol. The normalized spacial score (nSPS) is 10.3. The van der Waals surface area contributed by atoms with Crippen LogP contribution in [0.15, 0.2) is 17.5 Å². The number of nitrogens with zero attached hydrogens (tertiary/aromatic N) is 3. The van der Waals surface area contributed by atoms with Crippen molar-refractivity contribution < 1.29 is 0 Å². The molecule has 2 aromatic rings. The zero-order valence-corrected chi connectivity index (χ0v) is 9.64. The molecule has 0 fully saturated rings. The van der Waals surface area contributed by atoms with Crippen LogP contribution < -0.4 is 5.32 Å². The Labute approximate surface area is 96.5 Å². The van der Waals surface area contributed by atoms with Gasteiger partial charge in [0.1, 0.15) is 5.15 Å². The van der Waals surface area contributed by atoms with Crippen molar-refractivity contribution in [2.75, 3.05) is 5.32 Å². The summed E-state index contributed by atoms with van der Waals surface area (Å²) in [7, 11) is 0. The molecule has 2 rings (SSSR count). The van der Waals surface area contributed by atoms with Crippen molar-refractivity contribution in [3.05, 3.63) is 34.1 Å². The first-order valence-electron chi connectivity index (χ1n) is 4.38. The highest BCUT2D eigenvalue weighted by Gasteiger charge is 2.01. The minimum atomic E-state index is 0.508. The summed E-state index contributed by atoms with van der Waals surface area (Å²) in [5, 5.41) is 9.58. The minimum Gasteiger partial charge on any atom is -0.378 e. The molecule has 0 aliphatic carbocycles. The first-order valence-corrected chi connectivity index (χ1v) is 5.60. The van der Waals surface area contributed by atoms with Crippen molar-refractivity contribution in [3.63, 3.8) is 0 Å². The van der Waals surface area contributed by atoms with Crippen LogP contribution in [0.25, 0.3) is 0 Å². The van der Waals surface area contributed by atoms with Gasteiger partial charge in [-0.3, -0.25) is 0 Å². The first kappa shape index (κ1) is 10.3. The van der Waals surface area contributed by atoms with Crippen LogP contribution >= 0.6 is 23.1 Å². The highest BCUT2D eigenvalue weighted by atomic mass is 35.5. The number of anilines is 1. The maximum atomic E-state index is 5.76. The molecule has 0 aliphatic heterocycles. The zero-order valence-electron chi connectivity index (χ0n) is 8.07. The average molecular weight is 241 g/mol. The molecule has 0 aliphatic rings. The van der Waals surface area contributed by atoms with E-state index in [1.807, 2.05) is 18.4 Å². The fourth-order valence-electron chi connectivity index (χ4n) is 1.16. The number of halogens is 1. The van der Waals surface area contributed by atoms with Gasteiger partial charge in [0.25, 0.3) is 0 Å². The van der Waals surface area contributed by atoms with E-state index < -0.39 is 0 Å². The second kappa shape index (κ2) is 4.55. The molecule has 0 unspecified atom stereocenters. The molecule has 0 bridgehead atoms. The number of nitrogens with one attached hydrogen (secondary N) is 1. The number of pyridine rings is 1. The van der Waals surface area contributed by atoms with E-state index in [0.717, 1.165) is 17.1 Å². The van der Waals surface area contributed by atoms with Crippen LogP contribution in [0.2, 0.25) is 5.15 Å². The van der Waals surface area contributed by atoms with E-state index in [4.69, 9.17) is 11.6 Å². The predicted octanol–water partition coefficient (Wildman–Crippen LogP) is 2.51. The lowest BCUT2D eigenvalue weighted by molar-refractivity contribution is 0.992. The van der Waals surface area contributed by atoms with Gasteiger partial charge in [0.05, 0.1) is 23.6 Å². The Morgan fingerprint density at radius 2 is 2.33 bits per heavy atom. The summed E-state index contributed by atoms with van der Waals surface area (Å²) in [6, 6.07) is 3.67. The number of aromatic nitrogens is 3. The molecular weight excluding hydrogens is 232 g/mol. The van der Waals surface area contributed by atoms with Crippen LogP contribution in [0.3, 0.4) is 0 Å². The van der Waals surface area contributed by atoms with Gasteiger partial charge in [-0.05, 0) is 30.6 Å². The Kier molecular flexibility index (Phi) is 3.13. The van der Waals surface area contributed by atoms with Crippen molar-refractivity contribution in [1.82, 2.24) is 14.6 Å². The maximum absolute atomic E-state index is 5.76. The lowest BCUT2D eigenvalue weighted by Gasteiger charge is -2.06. The van der Waals surface area contributed by atoms with Gasteiger partial charge in [-0.15, -0.1) is 5.10 Å². The quantitative estimate of drug-likeness (QED) is 0.838. The Morgan fingerprint density at radius 1 is 1.47 bits per heavy atom. The van der Waals surface area contributed by atoms with Crippen LogP contribution in [-0.2, 0) is 6.54 Å². The Morgan fingerprint density at radius 3 is 3.00 bits per heavy atom. The van der Waals surface area contributed by atoms with E-state index in [0.29, 0.717) is 11.7 Å². The van der Waals surface area contributed by atoms with Crippen molar-refractivity contribution in [2.45, 2.75) is 13.5 Å². The smallest absolute Gasteiger partial charge is 0.129 e. The Bertz CT molecular complexity index is 443. The topological polar surface area (TPSA) is 50.7 Å². The van der Waals surface area contributed by atoms with Crippen molar-refractivity contribution in [2.24, 2.45) is 0 Å². The van der Waals surface area contributed by atoms with Gasteiger partial charge in [0.15, 0.2) is 0 Å². The first-order chi connectivity index (χ1) is 7.25. The van der Waals surface area contributed by atoms with Gasteiger partial charge in [-0.2, -0.15) is 0 Å².